The van der Waals surface area contributed by atoms with Crippen LogP contribution in [0.2, 0.25) is 0 Å². The Labute approximate surface area is 107 Å². The molecule has 1 aliphatic rings. The summed E-state index contributed by atoms with van der Waals surface area (Å²) in [5.74, 6) is 1.42. The largest absolute Gasteiger partial charge is 0.343 e. The monoisotopic (exact) mass is 239 g/mol. The molecule has 1 rings (SSSR count). The zero-order valence-corrected chi connectivity index (χ0v) is 11.9. The lowest BCUT2D eigenvalue weighted by Gasteiger charge is -2.34. The van der Waals surface area contributed by atoms with Crippen LogP contribution in [0.4, 0.5) is 0 Å². The molecule has 0 bridgehead atoms. The van der Waals surface area contributed by atoms with Crippen molar-refractivity contribution in [1.29, 1.82) is 0 Å². The van der Waals surface area contributed by atoms with E-state index in [0.29, 0.717) is 17.7 Å². The van der Waals surface area contributed by atoms with Gasteiger partial charge in [0.05, 0.1) is 0 Å². The fraction of sp³-hybridized carbons (Fsp3) is 0.933. The number of rotatable bonds is 6. The Kier molecular flexibility index (Phi) is 6.61. The molecular formula is C15H29NO. The molecule has 2 atom stereocenters. The SMILES string of the molecule is CCCCC1CCCCC1C(=O)N(CC)CC. The van der Waals surface area contributed by atoms with Gasteiger partial charge < -0.3 is 4.90 Å². The van der Waals surface area contributed by atoms with E-state index in [-0.39, 0.29) is 0 Å². The normalized spacial score (nSPS) is 24.6. The van der Waals surface area contributed by atoms with Crippen LogP contribution in [0, 0.1) is 11.8 Å². The summed E-state index contributed by atoms with van der Waals surface area (Å²) in [6, 6.07) is 0. The van der Waals surface area contributed by atoms with Gasteiger partial charge in [0, 0.05) is 19.0 Å². The summed E-state index contributed by atoms with van der Waals surface area (Å²) in [5, 5.41) is 0. The lowest BCUT2D eigenvalue weighted by molar-refractivity contribution is -0.138. The van der Waals surface area contributed by atoms with E-state index in [9.17, 15) is 4.79 Å². The minimum absolute atomic E-state index is 0.329. The molecule has 0 aromatic rings. The van der Waals surface area contributed by atoms with Gasteiger partial charge in [-0.05, 0) is 39.0 Å². The highest BCUT2D eigenvalue weighted by Crippen LogP contribution is 2.34. The topological polar surface area (TPSA) is 20.3 Å². The summed E-state index contributed by atoms with van der Waals surface area (Å²) in [5.41, 5.74) is 0. The van der Waals surface area contributed by atoms with Gasteiger partial charge in [-0.25, -0.2) is 0 Å². The van der Waals surface area contributed by atoms with E-state index < -0.39 is 0 Å². The van der Waals surface area contributed by atoms with Gasteiger partial charge in [0.1, 0.15) is 0 Å². The molecule has 2 unspecified atom stereocenters. The number of hydrogen-bond donors (Lipinski definition) is 0. The molecule has 0 aliphatic heterocycles. The van der Waals surface area contributed by atoms with Crippen molar-refractivity contribution in [3.63, 3.8) is 0 Å². The molecule has 0 radical (unpaired) electrons. The average Bonchev–Trinajstić information content (AvgIpc) is 2.38. The number of amides is 1. The van der Waals surface area contributed by atoms with Crippen LogP contribution in [-0.2, 0) is 4.79 Å². The fourth-order valence-corrected chi connectivity index (χ4v) is 3.11. The van der Waals surface area contributed by atoms with E-state index in [1.54, 1.807) is 0 Å². The molecule has 1 amide bonds. The predicted molar refractivity (Wildman–Crippen MR) is 72.9 cm³/mol. The van der Waals surface area contributed by atoms with Crippen molar-refractivity contribution in [3.8, 4) is 0 Å². The second-order valence-electron chi connectivity index (χ2n) is 5.30. The molecule has 1 aliphatic carbocycles. The summed E-state index contributed by atoms with van der Waals surface area (Å²) in [6.45, 7) is 8.15. The van der Waals surface area contributed by atoms with E-state index in [1.807, 2.05) is 4.90 Å². The minimum atomic E-state index is 0.329. The molecule has 1 fully saturated rings. The third-order valence-corrected chi connectivity index (χ3v) is 4.23. The number of carbonyl (C=O) groups is 1. The van der Waals surface area contributed by atoms with Crippen molar-refractivity contribution in [2.24, 2.45) is 11.8 Å². The summed E-state index contributed by atoms with van der Waals surface area (Å²) < 4.78 is 0. The molecule has 0 N–H and O–H groups in total. The fourth-order valence-electron chi connectivity index (χ4n) is 3.11. The van der Waals surface area contributed by atoms with Crippen molar-refractivity contribution in [1.82, 2.24) is 4.90 Å². The Morgan fingerprint density at radius 3 is 2.35 bits per heavy atom. The predicted octanol–water partition coefficient (Wildman–Crippen LogP) is 3.85. The van der Waals surface area contributed by atoms with Gasteiger partial charge in [0.15, 0.2) is 0 Å². The number of unbranched alkanes of at least 4 members (excludes halogenated alkanes) is 1. The zero-order valence-electron chi connectivity index (χ0n) is 11.9. The Bertz CT molecular complexity index is 223. The van der Waals surface area contributed by atoms with Gasteiger partial charge in [0.25, 0.3) is 0 Å². The van der Waals surface area contributed by atoms with E-state index in [4.69, 9.17) is 0 Å². The van der Waals surface area contributed by atoms with Gasteiger partial charge in [0.2, 0.25) is 5.91 Å². The van der Waals surface area contributed by atoms with E-state index >= 15 is 0 Å². The van der Waals surface area contributed by atoms with Crippen molar-refractivity contribution < 1.29 is 4.79 Å². The highest BCUT2D eigenvalue weighted by atomic mass is 16.2. The zero-order chi connectivity index (χ0) is 12.7. The molecule has 0 aromatic heterocycles. The molecule has 17 heavy (non-hydrogen) atoms. The molecule has 2 heteroatoms. The molecule has 0 spiro atoms. The Morgan fingerprint density at radius 1 is 1.12 bits per heavy atom. The summed E-state index contributed by atoms with van der Waals surface area (Å²) in [4.78, 5) is 14.5. The Morgan fingerprint density at radius 2 is 1.76 bits per heavy atom. The minimum Gasteiger partial charge on any atom is -0.343 e. The maximum Gasteiger partial charge on any atom is 0.225 e. The first-order chi connectivity index (χ1) is 8.24. The number of nitrogens with zero attached hydrogens (tertiary/aromatic N) is 1. The van der Waals surface area contributed by atoms with Crippen LogP contribution in [0.5, 0.6) is 0 Å². The molecule has 100 valence electrons. The smallest absolute Gasteiger partial charge is 0.225 e. The first kappa shape index (κ1) is 14.5. The molecule has 0 heterocycles. The Hall–Kier alpha value is -0.530. The average molecular weight is 239 g/mol. The Balaban J connectivity index is 2.59. The standard InChI is InChI=1S/C15H29NO/c1-4-7-10-13-11-8-9-12-14(13)15(17)16(5-2)6-3/h13-14H,4-12H2,1-3H3. The second-order valence-corrected chi connectivity index (χ2v) is 5.30. The lowest BCUT2D eigenvalue weighted by atomic mass is 9.76. The van der Waals surface area contributed by atoms with Gasteiger partial charge in [-0.2, -0.15) is 0 Å². The summed E-state index contributed by atoms with van der Waals surface area (Å²) in [6.07, 6.45) is 8.78. The maximum atomic E-state index is 12.5. The number of hydrogen-bond acceptors (Lipinski definition) is 1. The number of carbonyl (C=O) groups excluding carboxylic acids is 1. The highest BCUT2D eigenvalue weighted by Gasteiger charge is 2.32. The molecule has 1 saturated carbocycles. The van der Waals surface area contributed by atoms with Crippen LogP contribution in [0.25, 0.3) is 0 Å². The quantitative estimate of drug-likeness (QED) is 0.689. The van der Waals surface area contributed by atoms with E-state index in [2.05, 4.69) is 20.8 Å². The lowest BCUT2D eigenvalue weighted by Crippen LogP contribution is -2.40. The molecule has 2 nitrogen and oxygen atoms in total. The van der Waals surface area contributed by atoms with Crippen LogP contribution in [0.1, 0.15) is 65.7 Å². The highest BCUT2D eigenvalue weighted by molar-refractivity contribution is 5.79. The van der Waals surface area contributed by atoms with Crippen LogP contribution in [0.15, 0.2) is 0 Å². The van der Waals surface area contributed by atoms with Crippen LogP contribution >= 0.6 is 0 Å². The van der Waals surface area contributed by atoms with Gasteiger partial charge in [-0.3, -0.25) is 4.79 Å². The maximum absolute atomic E-state index is 12.5. The third-order valence-electron chi connectivity index (χ3n) is 4.23. The van der Waals surface area contributed by atoms with Crippen LogP contribution in [0.3, 0.4) is 0 Å². The van der Waals surface area contributed by atoms with Gasteiger partial charge in [-0.15, -0.1) is 0 Å². The summed E-state index contributed by atoms with van der Waals surface area (Å²) in [7, 11) is 0. The van der Waals surface area contributed by atoms with Crippen molar-refractivity contribution in [2.45, 2.75) is 65.7 Å². The van der Waals surface area contributed by atoms with Crippen LogP contribution in [-0.4, -0.2) is 23.9 Å². The van der Waals surface area contributed by atoms with Gasteiger partial charge >= 0.3 is 0 Å². The van der Waals surface area contributed by atoms with E-state index in [1.165, 1.54) is 38.5 Å². The van der Waals surface area contributed by atoms with Crippen LogP contribution < -0.4 is 0 Å². The van der Waals surface area contributed by atoms with E-state index in [0.717, 1.165) is 19.5 Å². The van der Waals surface area contributed by atoms with Crippen molar-refractivity contribution in [2.75, 3.05) is 13.1 Å². The molecule has 0 aromatic carbocycles. The molecular weight excluding hydrogens is 210 g/mol. The van der Waals surface area contributed by atoms with Crippen molar-refractivity contribution in [3.05, 3.63) is 0 Å². The first-order valence-electron chi connectivity index (χ1n) is 7.53. The third kappa shape index (κ3) is 4.01. The summed E-state index contributed by atoms with van der Waals surface area (Å²) >= 11 is 0. The van der Waals surface area contributed by atoms with Crippen molar-refractivity contribution >= 4 is 5.91 Å². The second kappa shape index (κ2) is 7.73. The molecule has 0 saturated heterocycles. The van der Waals surface area contributed by atoms with Gasteiger partial charge in [-0.1, -0.05) is 32.6 Å². The first-order valence-corrected chi connectivity index (χ1v) is 7.53.